The van der Waals surface area contributed by atoms with E-state index in [1.165, 1.54) is 11.1 Å². The number of aryl methyl sites for hydroxylation is 1. The van der Waals surface area contributed by atoms with Gasteiger partial charge in [0, 0.05) is 31.9 Å². The summed E-state index contributed by atoms with van der Waals surface area (Å²) in [5.74, 6) is 0.997. The average Bonchev–Trinajstić information content (AvgIpc) is 2.44. The molecule has 0 spiro atoms. The number of anilines is 1. The van der Waals surface area contributed by atoms with E-state index in [0.717, 1.165) is 18.9 Å². The molecular formula is C16H27N3O2. The Hall–Kier alpha value is -1.17. The second-order valence-electron chi connectivity index (χ2n) is 6.18. The molecule has 0 radical (unpaired) electrons. The fraction of sp³-hybridized carbons (Fsp3) is 0.688. The lowest BCUT2D eigenvalue weighted by atomic mass is 10.1. The Morgan fingerprint density at radius 2 is 2.24 bits per heavy atom. The van der Waals surface area contributed by atoms with Gasteiger partial charge < -0.3 is 20.1 Å². The van der Waals surface area contributed by atoms with E-state index < -0.39 is 0 Å². The van der Waals surface area contributed by atoms with Crippen LogP contribution in [0.5, 0.6) is 0 Å². The molecule has 0 aliphatic carbocycles. The van der Waals surface area contributed by atoms with Gasteiger partial charge in [0.25, 0.3) is 0 Å². The molecule has 1 aliphatic heterocycles. The first kappa shape index (κ1) is 16.2. The lowest BCUT2D eigenvalue weighted by Gasteiger charge is -2.37. The van der Waals surface area contributed by atoms with Crippen molar-refractivity contribution in [3.63, 3.8) is 0 Å². The summed E-state index contributed by atoms with van der Waals surface area (Å²) in [6.07, 6.45) is 1.92. The highest BCUT2D eigenvalue weighted by molar-refractivity contribution is 5.48. The lowest BCUT2D eigenvalue weighted by Crippen LogP contribution is -2.48. The molecule has 5 heteroatoms. The highest BCUT2D eigenvalue weighted by Gasteiger charge is 2.26. The van der Waals surface area contributed by atoms with Gasteiger partial charge in [-0.1, -0.05) is 13.8 Å². The maximum Gasteiger partial charge on any atom is 0.131 e. The van der Waals surface area contributed by atoms with Crippen LogP contribution >= 0.6 is 0 Å². The van der Waals surface area contributed by atoms with Gasteiger partial charge in [-0.25, -0.2) is 4.98 Å². The third-order valence-electron chi connectivity index (χ3n) is 3.65. The van der Waals surface area contributed by atoms with Crippen LogP contribution in [0.25, 0.3) is 0 Å². The third kappa shape index (κ3) is 4.40. The zero-order valence-corrected chi connectivity index (χ0v) is 13.5. The number of hydrogen-bond acceptors (Lipinski definition) is 5. The first-order valence-electron chi connectivity index (χ1n) is 7.69. The molecule has 2 atom stereocenters. The van der Waals surface area contributed by atoms with Gasteiger partial charge in [-0.3, -0.25) is 0 Å². The minimum absolute atomic E-state index is 0.0519. The van der Waals surface area contributed by atoms with Crippen molar-refractivity contribution in [1.29, 1.82) is 0 Å². The van der Waals surface area contributed by atoms with Crippen molar-refractivity contribution in [2.24, 2.45) is 0 Å². The number of aromatic nitrogens is 1. The van der Waals surface area contributed by atoms with Crippen LogP contribution in [0, 0.1) is 6.92 Å². The van der Waals surface area contributed by atoms with E-state index in [9.17, 15) is 5.11 Å². The standard InChI is InChI=1S/C16H27N3O2/c1-11(2)17-6-14-5-12(3)16(18-7-14)19-8-13(4)21-15(9-19)10-20/h5,7,11,13,15,17,20H,6,8-10H2,1-4H3. The van der Waals surface area contributed by atoms with E-state index in [0.29, 0.717) is 12.6 Å². The number of morpholine rings is 1. The summed E-state index contributed by atoms with van der Waals surface area (Å²) < 4.78 is 5.69. The molecular weight excluding hydrogens is 266 g/mol. The second-order valence-corrected chi connectivity index (χ2v) is 6.18. The first-order valence-corrected chi connectivity index (χ1v) is 7.69. The molecule has 118 valence electrons. The van der Waals surface area contributed by atoms with Crippen molar-refractivity contribution >= 4 is 5.82 Å². The van der Waals surface area contributed by atoms with Crippen LogP contribution in [0.1, 0.15) is 31.9 Å². The Morgan fingerprint density at radius 1 is 1.48 bits per heavy atom. The van der Waals surface area contributed by atoms with Crippen molar-refractivity contribution in [1.82, 2.24) is 10.3 Å². The lowest BCUT2D eigenvalue weighted by molar-refractivity contribution is -0.0423. The highest BCUT2D eigenvalue weighted by Crippen LogP contribution is 2.22. The molecule has 1 aliphatic rings. The van der Waals surface area contributed by atoms with Gasteiger partial charge >= 0.3 is 0 Å². The summed E-state index contributed by atoms with van der Waals surface area (Å²) in [6, 6.07) is 2.65. The number of nitrogens with zero attached hydrogens (tertiary/aromatic N) is 2. The van der Waals surface area contributed by atoms with Crippen LogP contribution in [-0.4, -0.2) is 48.0 Å². The molecule has 21 heavy (non-hydrogen) atoms. The smallest absolute Gasteiger partial charge is 0.131 e. The van der Waals surface area contributed by atoms with E-state index in [-0.39, 0.29) is 18.8 Å². The van der Waals surface area contributed by atoms with E-state index in [2.05, 4.69) is 42.0 Å². The fourth-order valence-electron chi connectivity index (χ4n) is 2.69. The molecule has 0 saturated carbocycles. The summed E-state index contributed by atoms with van der Waals surface area (Å²) >= 11 is 0. The van der Waals surface area contributed by atoms with Gasteiger partial charge in [0.05, 0.1) is 18.8 Å². The number of hydrogen-bond donors (Lipinski definition) is 2. The van der Waals surface area contributed by atoms with Crippen molar-refractivity contribution in [3.05, 3.63) is 23.4 Å². The molecule has 5 nitrogen and oxygen atoms in total. The molecule has 1 fully saturated rings. The van der Waals surface area contributed by atoms with E-state index in [1.807, 2.05) is 13.1 Å². The number of pyridine rings is 1. The van der Waals surface area contributed by atoms with Crippen LogP contribution in [0.2, 0.25) is 0 Å². The molecule has 1 aromatic heterocycles. The van der Waals surface area contributed by atoms with E-state index in [4.69, 9.17) is 4.74 Å². The van der Waals surface area contributed by atoms with E-state index in [1.54, 1.807) is 0 Å². The Labute approximate surface area is 127 Å². The van der Waals surface area contributed by atoms with Crippen molar-refractivity contribution < 1.29 is 9.84 Å². The number of aliphatic hydroxyl groups is 1. The monoisotopic (exact) mass is 293 g/mol. The normalized spacial score (nSPS) is 22.9. The zero-order valence-electron chi connectivity index (χ0n) is 13.5. The molecule has 2 rings (SSSR count). The predicted molar refractivity (Wildman–Crippen MR) is 84.6 cm³/mol. The molecule has 1 saturated heterocycles. The first-order chi connectivity index (χ1) is 9.99. The minimum Gasteiger partial charge on any atom is -0.394 e. The van der Waals surface area contributed by atoms with Gasteiger partial charge in [0.15, 0.2) is 0 Å². The van der Waals surface area contributed by atoms with Gasteiger partial charge in [-0.2, -0.15) is 0 Å². The van der Waals surface area contributed by atoms with Crippen LogP contribution < -0.4 is 10.2 Å². The number of aliphatic hydroxyl groups excluding tert-OH is 1. The quantitative estimate of drug-likeness (QED) is 0.861. The van der Waals surface area contributed by atoms with Crippen LogP contribution in [0.15, 0.2) is 12.3 Å². The molecule has 0 amide bonds. The van der Waals surface area contributed by atoms with Crippen LogP contribution in [0.3, 0.4) is 0 Å². The Balaban J connectivity index is 2.09. The van der Waals surface area contributed by atoms with Crippen molar-refractivity contribution in [2.45, 2.75) is 52.5 Å². The minimum atomic E-state index is -0.128. The number of nitrogens with one attached hydrogen (secondary N) is 1. The highest BCUT2D eigenvalue weighted by atomic mass is 16.5. The maximum absolute atomic E-state index is 9.33. The molecule has 1 aromatic rings. The Morgan fingerprint density at radius 3 is 2.86 bits per heavy atom. The summed E-state index contributed by atoms with van der Waals surface area (Å²) in [7, 11) is 0. The SMILES string of the molecule is Cc1cc(CNC(C)C)cnc1N1CC(C)OC(CO)C1. The predicted octanol–water partition coefficient (Wildman–Crippen LogP) is 1.47. The van der Waals surface area contributed by atoms with Gasteiger partial charge in [-0.05, 0) is 31.0 Å². The molecule has 0 bridgehead atoms. The average molecular weight is 293 g/mol. The summed E-state index contributed by atoms with van der Waals surface area (Å²) in [5.41, 5.74) is 2.37. The number of rotatable bonds is 5. The van der Waals surface area contributed by atoms with Crippen molar-refractivity contribution in [3.8, 4) is 0 Å². The molecule has 2 heterocycles. The van der Waals surface area contributed by atoms with Crippen molar-refractivity contribution in [2.75, 3.05) is 24.6 Å². The van der Waals surface area contributed by atoms with E-state index >= 15 is 0 Å². The molecule has 2 unspecified atom stereocenters. The Kier molecular flexibility index (Phi) is 5.56. The molecule has 2 N–H and O–H groups in total. The van der Waals surface area contributed by atoms with Gasteiger partial charge in [-0.15, -0.1) is 0 Å². The summed E-state index contributed by atoms with van der Waals surface area (Å²) in [6.45, 7) is 10.8. The number of ether oxygens (including phenoxy) is 1. The van der Waals surface area contributed by atoms with Gasteiger partial charge in [0.1, 0.15) is 5.82 Å². The molecule has 0 aromatic carbocycles. The second kappa shape index (κ2) is 7.20. The largest absolute Gasteiger partial charge is 0.394 e. The topological polar surface area (TPSA) is 57.6 Å². The summed E-state index contributed by atoms with van der Waals surface area (Å²) in [5, 5.41) is 12.7. The Bertz CT molecular complexity index is 465. The van der Waals surface area contributed by atoms with Crippen LogP contribution in [0.4, 0.5) is 5.82 Å². The van der Waals surface area contributed by atoms with Gasteiger partial charge in [0.2, 0.25) is 0 Å². The third-order valence-corrected chi connectivity index (χ3v) is 3.65. The fourth-order valence-corrected chi connectivity index (χ4v) is 2.69. The summed E-state index contributed by atoms with van der Waals surface area (Å²) in [4.78, 5) is 6.84. The maximum atomic E-state index is 9.33. The van der Waals surface area contributed by atoms with Crippen LogP contribution in [-0.2, 0) is 11.3 Å². The zero-order chi connectivity index (χ0) is 15.4.